The number of aromatic nitrogens is 1. The fourth-order valence-electron chi connectivity index (χ4n) is 3.13. The topological polar surface area (TPSA) is 79.7 Å². The average molecular weight is 374 g/mol. The molecule has 0 radical (unpaired) electrons. The number of hydrogen-bond donors (Lipinski definition) is 1. The van der Waals surface area contributed by atoms with Crippen molar-refractivity contribution in [2.75, 3.05) is 11.4 Å². The summed E-state index contributed by atoms with van der Waals surface area (Å²) in [7, 11) is 0. The van der Waals surface area contributed by atoms with Crippen LogP contribution in [0.15, 0.2) is 17.5 Å². The van der Waals surface area contributed by atoms with Crippen molar-refractivity contribution in [2.24, 2.45) is 0 Å². The molecule has 0 spiro atoms. The minimum Gasteiger partial charge on any atom is -0.507 e. The van der Waals surface area contributed by atoms with Crippen molar-refractivity contribution in [1.29, 1.82) is 0 Å². The van der Waals surface area contributed by atoms with Crippen LogP contribution in [0.25, 0.3) is 0 Å². The van der Waals surface area contributed by atoms with Crippen LogP contribution in [0.1, 0.15) is 53.9 Å². The Hall–Kier alpha value is -2.41. The Kier molecular flexibility index (Phi) is 5.56. The molecule has 138 valence electrons. The SMILES string of the molecule is CCN(C(C)=O)c1nc(COC(=O)c2cc3c(cc2O)CCCC3)cs1. The maximum absolute atomic E-state index is 12.4. The molecule has 6 nitrogen and oxygen atoms in total. The Morgan fingerprint density at radius 2 is 1.96 bits per heavy atom. The highest BCUT2D eigenvalue weighted by molar-refractivity contribution is 7.14. The standard InChI is InChI=1S/C19H22N2O4S/c1-3-21(12(2)22)19-20-15(11-26-19)10-25-18(24)16-8-13-6-4-5-7-14(13)9-17(16)23/h8-9,11,23H,3-7,10H2,1-2H3. The molecule has 1 aromatic heterocycles. The molecule has 0 saturated heterocycles. The molecule has 1 heterocycles. The van der Waals surface area contributed by atoms with E-state index in [1.807, 2.05) is 6.92 Å². The lowest BCUT2D eigenvalue weighted by Crippen LogP contribution is -2.27. The first kappa shape index (κ1) is 18.4. The Morgan fingerprint density at radius 3 is 2.62 bits per heavy atom. The van der Waals surface area contributed by atoms with Gasteiger partial charge in [0.2, 0.25) is 5.91 Å². The summed E-state index contributed by atoms with van der Waals surface area (Å²) in [5.41, 5.74) is 2.99. The average Bonchev–Trinajstić information content (AvgIpc) is 3.08. The summed E-state index contributed by atoms with van der Waals surface area (Å²) in [4.78, 5) is 29.8. The highest BCUT2D eigenvalue weighted by Gasteiger charge is 2.19. The van der Waals surface area contributed by atoms with Crippen molar-refractivity contribution in [2.45, 2.75) is 46.1 Å². The molecule has 26 heavy (non-hydrogen) atoms. The van der Waals surface area contributed by atoms with Crippen molar-refractivity contribution in [3.8, 4) is 5.75 Å². The number of aryl methyl sites for hydroxylation is 2. The summed E-state index contributed by atoms with van der Waals surface area (Å²) in [5, 5.41) is 12.5. The number of aromatic hydroxyl groups is 1. The smallest absolute Gasteiger partial charge is 0.342 e. The van der Waals surface area contributed by atoms with Crippen molar-refractivity contribution in [3.63, 3.8) is 0 Å². The number of nitrogens with zero attached hydrogens (tertiary/aromatic N) is 2. The van der Waals surface area contributed by atoms with Crippen LogP contribution in [-0.4, -0.2) is 28.5 Å². The van der Waals surface area contributed by atoms with Crippen molar-refractivity contribution < 1.29 is 19.4 Å². The summed E-state index contributed by atoms with van der Waals surface area (Å²) in [6, 6.07) is 3.42. The highest BCUT2D eigenvalue weighted by atomic mass is 32.1. The van der Waals surface area contributed by atoms with Gasteiger partial charge in [-0.1, -0.05) is 0 Å². The Labute approximate surface area is 156 Å². The summed E-state index contributed by atoms with van der Waals surface area (Å²) in [6.07, 6.45) is 4.06. The van der Waals surface area contributed by atoms with Crippen LogP contribution in [-0.2, 0) is 29.0 Å². The van der Waals surface area contributed by atoms with Gasteiger partial charge in [-0.25, -0.2) is 9.78 Å². The second-order valence-corrected chi connectivity index (χ2v) is 7.14. The van der Waals surface area contributed by atoms with Crippen LogP contribution in [0.5, 0.6) is 5.75 Å². The number of anilines is 1. The molecule has 1 aromatic carbocycles. The Bertz CT molecular complexity index is 831. The third kappa shape index (κ3) is 3.88. The largest absolute Gasteiger partial charge is 0.507 e. The molecular weight excluding hydrogens is 352 g/mol. The van der Waals surface area contributed by atoms with Gasteiger partial charge in [-0.2, -0.15) is 0 Å². The number of ether oxygens (including phenoxy) is 1. The summed E-state index contributed by atoms with van der Waals surface area (Å²) in [6.45, 7) is 3.90. The number of fused-ring (bicyclic) bond motifs is 1. The predicted octanol–water partition coefficient (Wildman–Crippen LogP) is 3.46. The third-order valence-corrected chi connectivity index (χ3v) is 5.41. The monoisotopic (exact) mass is 374 g/mol. The van der Waals surface area contributed by atoms with E-state index in [-0.39, 0.29) is 23.8 Å². The number of benzene rings is 1. The normalized spacial score (nSPS) is 13.2. The first-order chi connectivity index (χ1) is 12.5. The van der Waals surface area contributed by atoms with E-state index >= 15 is 0 Å². The number of phenolic OH excluding ortho intramolecular Hbond substituents is 1. The quantitative estimate of drug-likeness (QED) is 0.811. The molecule has 0 bridgehead atoms. The highest BCUT2D eigenvalue weighted by Crippen LogP contribution is 2.29. The molecule has 2 aromatic rings. The number of hydrogen-bond acceptors (Lipinski definition) is 6. The lowest BCUT2D eigenvalue weighted by Gasteiger charge is -2.17. The van der Waals surface area contributed by atoms with Crippen LogP contribution < -0.4 is 4.90 Å². The van der Waals surface area contributed by atoms with E-state index in [2.05, 4.69) is 4.98 Å². The van der Waals surface area contributed by atoms with Gasteiger partial charge in [0.1, 0.15) is 17.9 Å². The van der Waals surface area contributed by atoms with Gasteiger partial charge in [0.15, 0.2) is 5.13 Å². The zero-order valence-electron chi connectivity index (χ0n) is 14.9. The molecule has 0 atom stereocenters. The van der Waals surface area contributed by atoms with Crippen LogP contribution in [0.3, 0.4) is 0 Å². The molecule has 0 aliphatic heterocycles. The molecular formula is C19H22N2O4S. The van der Waals surface area contributed by atoms with E-state index < -0.39 is 5.97 Å². The Balaban J connectivity index is 1.68. The fraction of sp³-hybridized carbons (Fsp3) is 0.421. The first-order valence-electron chi connectivity index (χ1n) is 8.74. The van der Waals surface area contributed by atoms with Gasteiger partial charge in [-0.05, 0) is 55.9 Å². The third-order valence-electron chi connectivity index (χ3n) is 4.50. The first-order valence-corrected chi connectivity index (χ1v) is 9.62. The van der Waals surface area contributed by atoms with Crippen molar-refractivity contribution in [3.05, 3.63) is 39.9 Å². The molecule has 7 heteroatoms. The van der Waals surface area contributed by atoms with Crippen molar-refractivity contribution >= 4 is 28.3 Å². The molecule has 1 N–H and O–H groups in total. The van der Waals surface area contributed by atoms with Crippen LogP contribution in [0.4, 0.5) is 5.13 Å². The van der Waals surface area contributed by atoms with Gasteiger partial charge in [-0.15, -0.1) is 11.3 Å². The van der Waals surface area contributed by atoms with Gasteiger partial charge in [-0.3, -0.25) is 9.69 Å². The van der Waals surface area contributed by atoms with Crippen LogP contribution in [0.2, 0.25) is 0 Å². The molecule has 3 rings (SSSR count). The van der Waals surface area contributed by atoms with Gasteiger partial charge in [0.05, 0.1) is 5.69 Å². The minimum absolute atomic E-state index is 0.00131. The number of carbonyl (C=O) groups is 2. The second kappa shape index (κ2) is 7.86. The zero-order chi connectivity index (χ0) is 18.7. The number of carbonyl (C=O) groups excluding carboxylic acids is 2. The molecule has 1 aliphatic rings. The van der Waals surface area contributed by atoms with Gasteiger partial charge in [0, 0.05) is 18.8 Å². The fourth-order valence-corrected chi connectivity index (χ4v) is 4.05. The predicted molar refractivity (Wildman–Crippen MR) is 99.7 cm³/mol. The van der Waals surface area contributed by atoms with E-state index in [4.69, 9.17) is 4.74 Å². The lowest BCUT2D eigenvalue weighted by atomic mass is 9.90. The van der Waals surface area contributed by atoms with E-state index in [1.165, 1.54) is 18.3 Å². The lowest BCUT2D eigenvalue weighted by molar-refractivity contribution is -0.116. The van der Waals surface area contributed by atoms with Gasteiger partial charge >= 0.3 is 5.97 Å². The molecule has 0 unspecified atom stereocenters. The Morgan fingerprint density at radius 1 is 1.27 bits per heavy atom. The van der Waals surface area contributed by atoms with E-state index in [0.717, 1.165) is 36.8 Å². The second-order valence-electron chi connectivity index (χ2n) is 6.31. The number of amides is 1. The molecule has 0 saturated carbocycles. The number of esters is 1. The number of rotatable bonds is 5. The van der Waals surface area contributed by atoms with Gasteiger partial charge in [0.25, 0.3) is 0 Å². The number of thiazole rings is 1. The van der Waals surface area contributed by atoms with Crippen LogP contribution >= 0.6 is 11.3 Å². The number of phenols is 1. The van der Waals surface area contributed by atoms with Crippen molar-refractivity contribution in [1.82, 2.24) is 4.98 Å². The minimum atomic E-state index is -0.565. The zero-order valence-corrected chi connectivity index (χ0v) is 15.8. The summed E-state index contributed by atoms with van der Waals surface area (Å²) < 4.78 is 5.31. The van der Waals surface area contributed by atoms with E-state index in [1.54, 1.807) is 22.4 Å². The molecule has 1 aliphatic carbocycles. The summed E-state index contributed by atoms with van der Waals surface area (Å²) >= 11 is 1.33. The maximum Gasteiger partial charge on any atom is 0.342 e. The molecule has 1 amide bonds. The van der Waals surface area contributed by atoms with E-state index in [0.29, 0.717) is 17.4 Å². The van der Waals surface area contributed by atoms with Gasteiger partial charge < -0.3 is 9.84 Å². The van der Waals surface area contributed by atoms with E-state index in [9.17, 15) is 14.7 Å². The van der Waals surface area contributed by atoms with Crippen LogP contribution in [0, 0.1) is 0 Å². The summed E-state index contributed by atoms with van der Waals surface area (Å²) in [5.74, 6) is -0.683. The maximum atomic E-state index is 12.4. The molecule has 0 fully saturated rings.